The normalized spacial score (nSPS) is 15.8. The molecular formula is C20H22N2OS. The molecule has 3 nitrogen and oxygen atoms in total. The molecule has 0 saturated carbocycles. The highest BCUT2D eigenvalue weighted by atomic mass is 32.1. The summed E-state index contributed by atoms with van der Waals surface area (Å²) in [4.78, 5) is 20.2. The Kier molecular flexibility index (Phi) is 4.01. The number of aryl methyl sites for hydroxylation is 2. The van der Waals surface area contributed by atoms with Gasteiger partial charge in [-0.2, -0.15) is 0 Å². The van der Waals surface area contributed by atoms with Crippen LogP contribution in [-0.2, 0) is 0 Å². The predicted molar refractivity (Wildman–Crippen MR) is 103 cm³/mol. The van der Waals surface area contributed by atoms with E-state index in [1.165, 1.54) is 41.6 Å². The molecule has 1 saturated heterocycles. The van der Waals surface area contributed by atoms with Crippen LogP contribution in [-0.4, -0.2) is 18.1 Å². The summed E-state index contributed by atoms with van der Waals surface area (Å²) in [5.74, 6) is 0. The molecule has 0 bridgehead atoms. The van der Waals surface area contributed by atoms with E-state index >= 15 is 0 Å². The van der Waals surface area contributed by atoms with Gasteiger partial charge in [-0.1, -0.05) is 12.8 Å². The van der Waals surface area contributed by atoms with Gasteiger partial charge in [-0.15, -0.1) is 11.3 Å². The third-order valence-corrected chi connectivity index (χ3v) is 5.97. The van der Waals surface area contributed by atoms with Gasteiger partial charge in [-0.05, 0) is 56.0 Å². The average Bonchev–Trinajstić information content (AvgIpc) is 2.82. The smallest absolute Gasteiger partial charge is 0.180 e. The van der Waals surface area contributed by atoms with E-state index in [1.807, 2.05) is 6.92 Å². The first-order valence-corrected chi connectivity index (χ1v) is 9.54. The zero-order valence-electron chi connectivity index (χ0n) is 14.3. The quantitative estimate of drug-likeness (QED) is 0.600. The molecule has 24 heavy (non-hydrogen) atoms. The number of rotatable bonds is 1. The Morgan fingerprint density at radius 2 is 1.71 bits per heavy atom. The van der Waals surface area contributed by atoms with Crippen LogP contribution in [0.15, 0.2) is 29.1 Å². The first kappa shape index (κ1) is 15.6. The second kappa shape index (κ2) is 6.17. The van der Waals surface area contributed by atoms with Gasteiger partial charge in [-0.3, -0.25) is 4.79 Å². The minimum absolute atomic E-state index is 0.0674. The molecule has 0 aromatic heterocycles. The predicted octanol–water partition coefficient (Wildman–Crippen LogP) is 4.76. The number of aromatic nitrogens is 1. The van der Waals surface area contributed by atoms with Crippen LogP contribution >= 0.6 is 11.3 Å². The van der Waals surface area contributed by atoms with E-state index in [9.17, 15) is 4.79 Å². The summed E-state index contributed by atoms with van der Waals surface area (Å²) in [5.41, 5.74) is 5.57. The molecule has 124 valence electrons. The molecule has 3 aliphatic rings. The lowest BCUT2D eigenvalue weighted by atomic mass is 10.1. The second-order valence-electron chi connectivity index (χ2n) is 6.81. The largest absolute Gasteiger partial charge is 0.371 e. The lowest BCUT2D eigenvalue weighted by Crippen LogP contribution is -2.23. The van der Waals surface area contributed by atoms with E-state index in [4.69, 9.17) is 4.98 Å². The van der Waals surface area contributed by atoms with E-state index in [0.717, 1.165) is 34.7 Å². The van der Waals surface area contributed by atoms with E-state index in [-0.39, 0.29) is 5.43 Å². The van der Waals surface area contributed by atoms with Crippen LogP contribution in [0.1, 0.15) is 36.8 Å². The van der Waals surface area contributed by atoms with Gasteiger partial charge in [0.05, 0.1) is 20.8 Å². The van der Waals surface area contributed by atoms with Gasteiger partial charge in [0.15, 0.2) is 5.43 Å². The molecule has 0 radical (unpaired) electrons. The Bertz CT molecular complexity index is 923. The first-order chi connectivity index (χ1) is 11.6. The number of anilines is 1. The number of fused-ring (bicyclic) bond motifs is 2. The summed E-state index contributed by atoms with van der Waals surface area (Å²) in [6, 6.07) is 7.93. The maximum Gasteiger partial charge on any atom is 0.180 e. The third kappa shape index (κ3) is 2.80. The molecule has 0 unspecified atom stereocenters. The molecule has 4 rings (SSSR count). The molecule has 0 N–H and O–H groups in total. The summed E-state index contributed by atoms with van der Waals surface area (Å²) in [6.07, 6.45) is 5.22. The van der Waals surface area contributed by atoms with Gasteiger partial charge in [0.1, 0.15) is 0 Å². The van der Waals surface area contributed by atoms with Crippen molar-refractivity contribution < 1.29 is 0 Å². The Morgan fingerprint density at radius 1 is 0.958 bits per heavy atom. The SMILES string of the molecule is Cc1cc(=O)cc2sc3cc(N4CCCCCC4)cc(C)c3nc1-2. The van der Waals surface area contributed by atoms with Crippen molar-refractivity contribution in [2.75, 3.05) is 18.0 Å². The van der Waals surface area contributed by atoms with Crippen molar-refractivity contribution in [1.82, 2.24) is 4.98 Å². The molecule has 0 atom stereocenters. The van der Waals surface area contributed by atoms with E-state index in [1.54, 1.807) is 23.5 Å². The van der Waals surface area contributed by atoms with Crippen molar-refractivity contribution >= 4 is 27.2 Å². The van der Waals surface area contributed by atoms with Crippen molar-refractivity contribution in [3.63, 3.8) is 0 Å². The summed E-state index contributed by atoms with van der Waals surface area (Å²) in [5, 5.41) is 0. The number of nitrogens with zero attached hydrogens (tertiary/aromatic N) is 2. The van der Waals surface area contributed by atoms with Crippen molar-refractivity contribution in [1.29, 1.82) is 0 Å². The zero-order valence-corrected chi connectivity index (χ0v) is 15.1. The van der Waals surface area contributed by atoms with E-state index < -0.39 is 0 Å². The fraction of sp³-hybridized carbons (Fsp3) is 0.400. The number of hydrogen-bond acceptors (Lipinski definition) is 4. The molecule has 4 heteroatoms. The van der Waals surface area contributed by atoms with Gasteiger partial charge < -0.3 is 4.90 Å². The summed E-state index contributed by atoms with van der Waals surface area (Å²) >= 11 is 1.69. The summed E-state index contributed by atoms with van der Waals surface area (Å²) in [7, 11) is 0. The fourth-order valence-electron chi connectivity index (χ4n) is 3.63. The van der Waals surface area contributed by atoms with E-state index in [2.05, 4.69) is 24.0 Å². The first-order valence-electron chi connectivity index (χ1n) is 8.73. The molecule has 1 aliphatic carbocycles. The van der Waals surface area contributed by atoms with Gasteiger partial charge in [0, 0.05) is 24.8 Å². The maximum atomic E-state index is 11.8. The van der Waals surface area contributed by atoms with Crippen LogP contribution in [0.3, 0.4) is 0 Å². The van der Waals surface area contributed by atoms with Crippen LogP contribution in [0, 0.1) is 13.8 Å². The fourth-order valence-corrected chi connectivity index (χ4v) is 4.83. The minimum Gasteiger partial charge on any atom is -0.371 e. The van der Waals surface area contributed by atoms with Gasteiger partial charge in [0.25, 0.3) is 0 Å². The highest BCUT2D eigenvalue weighted by Gasteiger charge is 2.16. The highest BCUT2D eigenvalue weighted by molar-refractivity contribution is 7.21. The lowest BCUT2D eigenvalue weighted by molar-refractivity contribution is 0.726. The molecule has 0 amide bonds. The molecular weight excluding hydrogens is 316 g/mol. The minimum atomic E-state index is 0.0674. The van der Waals surface area contributed by atoms with Gasteiger partial charge >= 0.3 is 0 Å². The van der Waals surface area contributed by atoms with Crippen LogP contribution in [0.4, 0.5) is 5.69 Å². The maximum absolute atomic E-state index is 11.8. The van der Waals surface area contributed by atoms with Crippen molar-refractivity contribution in [3.05, 3.63) is 45.6 Å². The van der Waals surface area contributed by atoms with E-state index in [0.29, 0.717) is 0 Å². The van der Waals surface area contributed by atoms with Gasteiger partial charge in [-0.25, -0.2) is 4.98 Å². The molecule has 2 heterocycles. The Morgan fingerprint density at radius 3 is 2.46 bits per heavy atom. The molecule has 0 spiro atoms. The monoisotopic (exact) mass is 338 g/mol. The second-order valence-corrected chi connectivity index (χ2v) is 7.90. The van der Waals surface area contributed by atoms with Crippen molar-refractivity contribution in [3.8, 4) is 10.6 Å². The average molecular weight is 338 g/mol. The Hall–Kier alpha value is -1.94. The molecule has 2 aliphatic heterocycles. The van der Waals surface area contributed by atoms with Crippen LogP contribution in [0.25, 0.3) is 20.8 Å². The number of benzene rings is 2. The molecule has 1 aromatic carbocycles. The van der Waals surface area contributed by atoms with Crippen LogP contribution in [0.5, 0.6) is 0 Å². The standard InChI is InChI=1S/C20H22N2OS/c1-13-9-15(22-7-5-3-4-6-8-22)11-17-19(13)21-20-14(2)10-16(23)12-18(20)24-17/h9-12H,3-8H2,1-2H3. The Labute approximate surface area is 146 Å². The molecule has 1 aromatic rings. The highest BCUT2D eigenvalue weighted by Crippen LogP contribution is 2.35. The van der Waals surface area contributed by atoms with Crippen LogP contribution in [0.2, 0.25) is 0 Å². The van der Waals surface area contributed by atoms with Crippen molar-refractivity contribution in [2.45, 2.75) is 39.5 Å². The third-order valence-electron chi connectivity index (χ3n) is 4.90. The molecule has 1 fully saturated rings. The van der Waals surface area contributed by atoms with Crippen LogP contribution < -0.4 is 10.3 Å². The zero-order chi connectivity index (χ0) is 16.7. The summed E-state index contributed by atoms with van der Waals surface area (Å²) in [6.45, 7) is 6.39. The topological polar surface area (TPSA) is 33.2 Å². The lowest BCUT2D eigenvalue weighted by Gasteiger charge is -2.24. The van der Waals surface area contributed by atoms with Gasteiger partial charge in [0.2, 0.25) is 0 Å². The van der Waals surface area contributed by atoms with Crippen molar-refractivity contribution in [2.24, 2.45) is 0 Å². The number of hydrogen-bond donors (Lipinski definition) is 0. The Balaban J connectivity index is 1.89. The summed E-state index contributed by atoms with van der Waals surface area (Å²) < 4.78 is 1.17.